The molecule has 0 spiro atoms. The van der Waals surface area contributed by atoms with Crippen molar-refractivity contribution in [3.05, 3.63) is 23.0 Å². The number of anilines is 1. The fraction of sp³-hybridized carbons (Fsp3) is 0.538. The fourth-order valence-corrected chi connectivity index (χ4v) is 2.68. The molecule has 18 heavy (non-hydrogen) atoms. The van der Waals surface area contributed by atoms with Gasteiger partial charge in [0.25, 0.3) is 5.91 Å². The highest BCUT2D eigenvalue weighted by Crippen LogP contribution is 2.27. The molecule has 1 atom stereocenters. The fourth-order valence-electron chi connectivity index (χ4n) is 2.52. The number of nitrogens with zero attached hydrogens (tertiary/aromatic N) is 2. The second-order valence-electron chi connectivity index (χ2n) is 5.05. The molecule has 2 rings (SSSR count). The van der Waals surface area contributed by atoms with Crippen LogP contribution >= 0.6 is 11.6 Å². The molecule has 1 saturated heterocycles. The number of pyridine rings is 1. The third-order valence-corrected chi connectivity index (χ3v) is 3.67. The summed E-state index contributed by atoms with van der Waals surface area (Å²) in [7, 11) is 0. The first-order valence-corrected chi connectivity index (χ1v) is 6.60. The van der Waals surface area contributed by atoms with Gasteiger partial charge in [0.1, 0.15) is 5.15 Å². The first-order valence-electron chi connectivity index (χ1n) is 6.22. The molecule has 0 bridgehead atoms. The van der Waals surface area contributed by atoms with Gasteiger partial charge in [0.2, 0.25) is 0 Å². The van der Waals surface area contributed by atoms with Crippen molar-refractivity contribution < 1.29 is 4.79 Å². The van der Waals surface area contributed by atoms with E-state index in [0.29, 0.717) is 28.4 Å². The lowest BCUT2D eigenvalue weighted by Gasteiger charge is -2.28. The van der Waals surface area contributed by atoms with Crippen LogP contribution in [0.3, 0.4) is 0 Å². The molecule has 5 heteroatoms. The van der Waals surface area contributed by atoms with E-state index in [2.05, 4.69) is 18.8 Å². The number of rotatable bonds is 2. The van der Waals surface area contributed by atoms with Gasteiger partial charge in [-0.25, -0.2) is 4.98 Å². The van der Waals surface area contributed by atoms with E-state index in [4.69, 9.17) is 17.3 Å². The predicted octanol–water partition coefficient (Wildman–Crippen LogP) is 2.58. The maximum absolute atomic E-state index is 12.5. The average molecular weight is 268 g/mol. The lowest BCUT2D eigenvalue weighted by molar-refractivity contribution is 0.0702. The number of likely N-dealkylation sites (tertiary alicyclic amines) is 1. The lowest BCUT2D eigenvalue weighted by atomic mass is 10.0. The zero-order valence-electron chi connectivity index (χ0n) is 10.7. The molecule has 1 aromatic rings. The van der Waals surface area contributed by atoms with E-state index in [1.807, 2.05) is 4.90 Å². The van der Waals surface area contributed by atoms with Gasteiger partial charge < -0.3 is 10.6 Å². The Morgan fingerprint density at radius 3 is 3.00 bits per heavy atom. The van der Waals surface area contributed by atoms with Crippen LogP contribution in [-0.4, -0.2) is 28.4 Å². The Balaban J connectivity index is 2.28. The molecule has 0 aromatic carbocycles. The van der Waals surface area contributed by atoms with E-state index in [0.717, 1.165) is 19.4 Å². The summed E-state index contributed by atoms with van der Waals surface area (Å²) in [5, 5.41) is 0.299. The number of carbonyl (C=O) groups excluding carboxylic acids is 1. The number of hydrogen-bond acceptors (Lipinski definition) is 3. The van der Waals surface area contributed by atoms with Crippen molar-refractivity contribution in [1.29, 1.82) is 0 Å². The summed E-state index contributed by atoms with van der Waals surface area (Å²) < 4.78 is 0. The van der Waals surface area contributed by atoms with Crippen molar-refractivity contribution >= 4 is 23.2 Å². The van der Waals surface area contributed by atoms with Crippen LogP contribution in [0.1, 0.15) is 37.0 Å². The number of nitrogens with two attached hydrogens (primary N) is 1. The van der Waals surface area contributed by atoms with Crippen LogP contribution in [0.5, 0.6) is 0 Å². The first kappa shape index (κ1) is 13.1. The molecule has 1 unspecified atom stereocenters. The molecular weight excluding hydrogens is 250 g/mol. The van der Waals surface area contributed by atoms with E-state index >= 15 is 0 Å². The Bertz CT molecular complexity index is 462. The lowest BCUT2D eigenvalue weighted by Crippen LogP contribution is -2.38. The third kappa shape index (κ3) is 2.43. The molecule has 4 nitrogen and oxygen atoms in total. The highest BCUT2D eigenvalue weighted by molar-refractivity contribution is 6.29. The smallest absolute Gasteiger partial charge is 0.256 e. The Hall–Kier alpha value is -1.29. The summed E-state index contributed by atoms with van der Waals surface area (Å²) in [6.45, 7) is 5.07. The van der Waals surface area contributed by atoms with Gasteiger partial charge in [-0.2, -0.15) is 0 Å². The molecule has 0 saturated carbocycles. The number of carbonyl (C=O) groups is 1. The van der Waals surface area contributed by atoms with Crippen molar-refractivity contribution in [1.82, 2.24) is 9.88 Å². The zero-order valence-corrected chi connectivity index (χ0v) is 11.4. The van der Waals surface area contributed by atoms with Crippen molar-refractivity contribution in [2.45, 2.75) is 32.7 Å². The van der Waals surface area contributed by atoms with Gasteiger partial charge in [0.05, 0.1) is 17.4 Å². The van der Waals surface area contributed by atoms with E-state index < -0.39 is 0 Å². The summed E-state index contributed by atoms with van der Waals surface area (Å²) in [4.78, 5) is 18.3. The molecular formula is C13H18ClN3O. The normalized spacial score (nSPS) is 19.6. The van der Waals surface area contributed by atoms with Crippen molar-refractivity contribution in [3.63, 3.8) is 0 Å². The second-order valence-corrected chi connectivity index (χ2v) is 5.43. The topological polar surface area (TPSA) is 59.2 Å². The van der Waals surface area contributed by atoms with Crippen LogP contribution in [0.2, 0.25) is 5.15 Å². The molecule has 98 valence electrons. The molecule has 1 amide bonds. The molecule has 0 aliphatic carbocycles. The van der Waals surface area contributed by atoms with Crippen LogP contribution < -0.4 is 5.73 Å². The average Bonchev–Trinajstić information content (AvgIpc) is 2.80. The van der Waals surface area contributed by atoms with Crippen molar-refractivity contribution in [2.75, 3.05) is 12.3 Å². The number of hydrogen-bond donors (Lipinski definition) is 1. The summed E-state index contributed by atoms with van der Waals surface area (Å²) in [5.74, 6) is 0.419. The molecule has 2 heterocycles. The number of aromatic nitrogens is 1. The van der Waals surface area contributed by atoms with Gasteiger partial charge in [-0.1, -0.05) is 25.4 Å². The monoisotopic (exact) mass is 267 g/mol. The first-order chi connectivity index (χ1) is 8.50. The quantitative estimate of drug-likeness (QED) is 0.838. The van der Waals surface area contributed by atoms with Gasteiger partial charge in [0, 0.05) is 12.6 Å². The van der Waals surface area contributed by atoms with Crippen LogP contribution in [0.15, 0.2) is 12.3 Å². The molecule has 0 radical (unpaired) electrons. The molecule has 1 aromatic heterocycles. The Labute approximate surface area is 112 Å². The number of nitrogen functional groups attached to an aromatic ring is 1. The van der Waals surface area contributed by atoms with Crippen LogP contribution in [0.25, 0.3) is 0 Å². The van der Waals surface area contributed by atoms with Crippen molar-refractivity contribution in [3.8, 4) is 0 Å². The number of amides is 1. The molecule has 2 N–H and O–H groups in total. The van der Waals surface area contributed by atoms with E-state index in [1.54, 1.807) is 6.07 Å². The summed E-state index contributed by atoms with van der Waals surface area (Å²) in [6, 6.07) is 1.85. The minimum absolute atomic E-state index is 0.0343. The standard InChI is InChI=1S/C13H18ClN3O/c1-8(2)11-4-3-5-17(11)13(18)9-6-12(14)16-7-10(9)15/h6-8,11H,3-5,15H2,1-2H3. The van der Waals surface area contributed by atoms with E-state index in [1.165, 1.54) is 6.20 Å². The van der Waals surface area contributed by atoms with Crippen LogP contribution in [-0.2, 0) is 0 Å². The highest BCUT2D eigenvalue weighted by Gasteiger charge is 2.32. The molecule has 1 fully saturated rings. The minimum atomic E-state index is -0.0343. The summed E-state index contributed by atoms with van der Waals surface area (Å²) in [5.41, 5.74) is 6.66. The second kappa shape index (κ2) is 5.14. The summed E-state index contributed by atoms with van der Waals surface area (Å²) in [6.07, 6.45) is 3.55. The highest BCUT2D eigenvalue weighted by atomic mass is 35.5. The van der Waals surface area contributed by atoms with Gasteiger partial charge in [0.15, 0.2) is 0 Å². The van der Waals surface area contributed by atoms with Gasteiger partial charge >= 0.3 is 0 Å². The Morgan fingerprint density at radius 2 is 2.33 bits per heavy atom. The Morgan fingerprint density at radius 1 is 1.61 bits per heavy atom. The van der Waals surface area contributed by atoms with Crippen molar-refractivity contribution in [2.24, 2.45) is 5.92 Å². The molecule has 1 aliphatic rings. The van der Waals surface area contributed by atoms with Gasteiger partial charge in [-0.15, -0.1) is 0 Å². The minimum Gasteiger partial charge on any atom is -0.397 e. The predicted molar refractivity (Wildman–Crippen MR) is 72.6 cm³/mol. The van der Waals surface area contributed by atoms with E-state index in [-0.39, 0.29) is 5.91 Å². The SMILES string of the molecule is CC(C)C1CCCN1C(=O)c1cc(Cl)ncc1N. The Kier molecular flexibility index (Phi) is 3.76. The van der Waals surface area contributed by atoms with E-state index in [9.17, 15) is 4.79 Å². The molecule has 1 aliphatic heterocycles. The zero-order chi connectivity index (χ0) is 13.3. The van der Waals surface area contributed by atoms with Crippen LogP contribution in [0, 0.1) is 5.92 Å². The summed E-state index contributed by atoms with van der Waals surface area (Å²) >= 11 is 5.83. The number of halogens is 1. The van der Waals surface area contributed by atoms with Gasteiger partial charge in [-0.3, -0.25) is 4.79 Å². The maximum Gasteiger partial charge on any atom is 0.256 e. The van der Waals surface area contributed by atoms with Crippen LogP contribution in [0.4, 0.5) is 5.69 Å². The third-order valence-electron chi connectivity index (χ3n) is 3.46. The largest absolute Gasteiger partial charge is 0.397 e. The maximum atomic E-state index is 12.5. The van der Waals surface area contributed by atoms with Gasteiger partial charge in [-0.05, 0) is 24.8 Å².